The number of aliphatic hydroxyl groups excluding tert-OH is 2. The van der Waals surface area contributed by atoms with Crippen molar-refractivity contribution in [3.63, 3.8) is 0 Å². The van der Waals surface area contributed by atoms with E-state index in [2.05, 4.69) is 15.0 Å². The summed E-state index contributed by atoms with van der Waals surface area (Å²) in [7, 11) is 0. The molecular weight excluding hydrogens is 232 g/mol. The Hall–Kier alpha value is -1.33. The van der Waals surface area contributed by atoms with Crippen molar-refractivity contribution in [2.75, 3.05) is 6.54 Å². The average Bonchev–Trinajstić information content (AvgIpc) is 2.28. The van der Waals surface area contributed by atoms with Gasteiger partial charge in [0, 0.05) is 11.5 Å². The van der Waals surface area contributed by atoms with E-state index in [-0.39, 0.29) is 18.1 Å². The van der Waals surface area contributed by atoms with Crippen molar-refractivity contribution in [3.05, 3.63) is 39.5 Å². The topological polar surface area (TPSA) is 102 Å². The highest BCUT2D eigenvalue weighted by Crippen LogP contribution is 2.18. The summed E-state index contributed by atoms with van der Waals surface area (Å²) in [5.74, 6) is 0. The van der Waals surface area contributed by atoms with Crippen LogP contribution in [0, 0.1) is 0 Å². The van der Waals surface area contributed by atoms with E-state index in [1.807, 2.05) is 0 Å². The zero-order valence-electron chi connectivity index (χ0n) is 8.36. The summed E-state index contributed by atoms with van der Waals surface area (Å²) in [4.78, 5) is 6.42. The number of aliphatic hydroxyl groups is 2. The normalized spacial score (nSPS) is 13.9. The van der Waals surface area contributed by atoms with Gasteiger partial charge < -0.3 is 10.2 Å². The van der Waals surface area contributed by atoms with E-state index in [1.54, 1.807) is 18.2 Å². The van der Waals surface area contributed by atoms with Crippen LogP contribution in [0.2, 0.25) is 5.15 Å². The third-order valence-corrected chi connectivity index (χ3v) is 2.20. The molecule has 0 aliphatic heterocycles. The lowest BCUT2D eigenvalue weighted by molar-refractivity contribution is 0.0125. The lowest BCUT2D eigenvalue weighted by Crippen LogP contribution is -2.20. The zero-order chi connectivity index (χ0) is 12.0. The Bertz CT molecular complexity index is 395. The van der Waals surface area contributed by atoms with Crippen LogP contribution in [-0.4, -0.2) is 27.8 Å². The molecule has 0 bridgehead atoms. The van der Waals surface area contributed by atoms with Crippen molar-refractivity contribution in [1.29, 1.82) is 0 Å². The van der Waals surface area contributed by atoms with Crippen LogP contribution in [0.25, 0.3) is 10.4 Å². The fraction of sp³-hybridized carbons (Fsp3) is 0.444. The van der Waals surface area contributed by atoms with Gasteiger partial charge in [0.15, 0.2) is 0 Å². The smallest absolute Gasteiger partial charge is 0.129 e. The highest BCUT2D eigenvalue weighted by Gasteiger charge is 2.19. The molecule has 16 heavy (non-hydrogen) atoms. The van der Waals surface area contributed by atoms with Crippen LogP contribution in [0.1, 0.15) is 18.2 Å². The molecule has 1 rings (SSSR count). The Labute approximate surface area is 97.1 Å². The summed E-state index contributed by atoms with van der Waals surface area (Å²) in [6.07, 6.45) is -2.00. The minimum Gasteiger partial charge on any atom is -0.390 e. The van der Waals surface area contributed by atoms with Gasteiger partial charge in [-0.05, 0) is 24.1 Å². The molecule has 0 aliphatic carbocycles. The molecule has 6 nitrogen and oxygen atoms in total. The Balaban J connectivity index is 2.62. The molecule has 0 aromatic carbocycles. The van der Waals surface area contributed by atoms with Crippen LogP contribution in [0.15, 0.2) is 23.3 Å². The first-order valence-electron chi connectivity index (χ1n) is 4.64. The molecular formula is C9H11ClN4O2. The fourth-order valence-corrected chi connectivity index (χ4v) is 1.35. The minimum atomic E-state index is -1.13. The van der Waals surface area contributed by atoms with Crippen LogP contribution in [0.3, 0.4) is 0 Å². The Morgan fingerprint density at radius 2 is 2.25 bits per heavy atom. The van der Waals surface area contributed by atoms with Crippen molar-refractivity contribution in [3.8, 4) is 0 Å². The predicted octanol–water partition coefficient (Wildman–Crippen LogP) is 1.83. The van der Waals surface area contributed by atoms with Crippen molar-refractivity contribution >= 4 is 11.6 Å². The van der Waals surface area contributed by atoms with Gasteiger partial charge in [-0.1, -0.05) is 22.8 Å². The highest BCUT2D eigenvalue weighted by atomic mass is 35.5. The highest BCUT2D eigenvalue weighted by molar-refractivity contribution is 6.29. The van der Waals surface area contributed by atoms with Crippen LogP contribution in [-0.2, 0) is 0 Å². The Kier molecular flexibility index (Phi) is 5.01. The van der Waals surface area contributed by atoms with Gasteiger partial charge in [0.2, 0.25) is 0 Å². The third-order valence-electron chi connectivity index (χ3n) is 1.99. The molecule has 0 spiro atoms. The van der Waals surface area contributed by atoms with Gasteiger partial charge in [0.1, 0.15) is 11.3 Å². The molecule has 0 saturated heterocycles. The maximum absolute atomic E-state index is 9.71. The quantitative estimate of drug-likeness (QED) is 0.356. The van der Waals surface area contributed by atoms with Gasteiger partial charge in [-0.3, -0.25) is 0 Å². The van der Waals surface area contributed by atoms with Crippen molar-refractivity contribution in [2.45, 2.75) is 18.6 Å². The summed E-state index contributed by atoms with van der Waals surface area (Å²) >= 11 is 5.65. The van der Waals surface area contributed by atoms with E-state index in [0.29, 0.717) is 5.69 Å². The fourth-order valence-electron chi connectivity index (χ4n) is 1.18. The van der Waals surface area contributed by atoms with Gasteiger partial charge in [-0.2, -0.15) is 0 Å². The molecule has 2 atom stereocenters. The summed E-state index contributed by atoms with van der Waals surface area (Å²) in [5, 5.41) is 22.8. The van der Waals surface area contributed by atoms with Crippen molar-refractivity contribution in [2.24, 2.45) is 5.11 Å². The molecule has 1 heterocycles. The largest absolute Gasteiger partial charge is 0.390 e. The number of azide groups is 1. The number of hydrogen-bond donors (Lipinski definition) is 2. The minimum absolute atomic E-state index is 0.120. The molecule has 0 aliphatic rings. The first kappa shape index (κ1) is 12.7. The molecule has 0 radical (unpaired) electrons. The number of rotatable bonds is 5. The predicted molar refractivity (Wildman–Crippen MR) is 58.8 cm³/mol. The van der Waals surface area contributed by atoms with E-state index in [0.717, 1.165) is 0 Å². The van der Waals surface area contributed by atoms with Crippen molar-refractivity contribution in [1.82, 2.24) is 4.98 Å². The number of nitrogens with zero attached hydrogens (tertiary/aromatic N) is 4. The molecule has 86 valence electrons. The van der Waals surface area contributed by atoms with Crippen LogP contribution in [0.5, 0.6) is 0 Å². The molecule has 1 aromatic rings. The van der Waals surface area contributed by atoms with E-state index < -0.39 is 12.2 Å². The SMILES string of the molecule is [N-]=[N+]=NCCC(O)C(O)c1cccc(Cl)n1. The first-order valence-corrected chi connectivity index (χ1v) is 5.02. The van der Waals surface area contributed by atoms with Crippen LogP contribution >= 0.6 is 11.6 Å². The van der Waals surface area contributed by atoms with Gasteiger partial charge in [0.25, 0.3) is 0 Å². The lowest BCUT2D eigenvalue weighted by atomic mass is 10.1. The Morgan fingerprint density at radius 1 is 1.50 bits per heavy atom. The summed E-state index contributed by atoms with van der Waals surface area (Å²) in [5.41, 5.74) is 8.35. The molecule has 2 unspecified atom stereocenters. The molecule has 2 N–H and O–H groups in total. The molecule has 0 fully saturated rings. The maximum Gasteiger partial charge on any atom is 0.129 e. The molecule has 0 saturated carbocycles. The van der Waals surface area contributed by atoms with Gasteiger partial charge in [-0.25, -0.2) is 4.98 Å². The van der Waals surface area contributed by atoms with E-state index in [9.17, 15) is 10.2 Å². The second-order valence-electron chi connectivity index (χ2n) is 3.14. The third kappa shape index (κ3) is 3.67. The Morgan fingerprint density at radius 3 is 2.88 bits per heavy atom. The van der Waals surface area contributed by atoms with E-state index >= 15 is 0 Å². The monoisotopic (exact) mass is 242 g/mol. The molecule has 1 aromatic heterocycles. The number of aromatic nitrogens is 1. The lowest BCUT2D eigenvalue weighted by Gasteiger charge is -2.16. The first-order chi connectivity index (χ1) is 7.65. The number of pyridine rings is 1. The molecule has 0 amide bonds. The van der Waals surface area contributed by atoms with Gasteiger partial charge >= 0.3 is 0 Å². The zero-order valence-corrected chi connectivity index (χ0v) is 9.12. The second-order valence-corrected chi connectivity index (χ2v) is 3.53. The van der Waals surface area contributed by atoms with Crippen LogP contribution in [0.4, 0.5) is 0 Å². The summed E-state index contributed by atoms with van der Waals surface area (Å²) in [6, 6.07) is 4.77. The van der Waals surface area contributed by atoms with E-state index in [1.165, 1.54) is 0 Å². The van der Waals surface area contributed by atoms with Crippen LogP contribution < -0.4 is 0 Å². The molecule has 7 heteroatoms. The van der Waals surface area contributed by atoms with Gasteiger partial charge in [-0.15, -0.1) is 0 Å². The summed E-state index contributed by atoms with van der Waals surface area (Å²) in [6.45, 7) is 0.120. The number of hydrogen-bond acceptors (Lipinski definition) is 4. The maximum atomic E-state index is 9.71. The number of halogens is 1. The van der Waals surface area contributed by atoms with Gasteiger partial charge in [0.05, 0.1) is 11.8 Å². The summed E-state index contributed by atoms with van der Waals surface area (Å²) < 4.78 is 0. The average molecular weight is 243 g/mol. The van der Waals surface area contributed by atoms with E-state index in [4.69, 9.17) is 17.1 Å². The standard InChI is InChI=1S/C9H11ClN4O2/c10-8-3-1-2-6(13-8)9(16)7(15)4-5-12-14-11/h1-3,7,9,15-16H,4-5H2. The van der Waals surface area contributed by atoms with Crippen molar-refractivity contribution < 1.29 is 10.2 Å². The second kappa shape index (κ2) is 6.30.